The molecule has 0 radical (unpaired) electrons. The summed E-state index contributed by atoms with van der Waals surface area (Å²) in [6, 6.07) is 4.23. The molecule has 0 unspecified atom stereocenters. The van der Waals surface area contributed by atoms with Gasteiger partial charge in [0.2, 0.25) is 10.0 Å². The van der Waals surface area contributed by atoms with Crippen molar-refractivity contribution in [2.45, 2.75) is 50.5 Å². The van der Waals surface area contributed by atoms with Gasteiger partial charge in [0, 0.05) is 18.7 Å². The molecule has 27 heavy (non-hydrogen) atoms. The molecule has 1 aromatic rings. The first-order chi connectivity index (χ1) is 12.8. The lowest BCUT2D eigenvalue weighted by atomic mass is 10.0. The number of hydrogen-bond donors (Lipinski definition) is 2. The first kappa shape index (κ1) is 21.6. The van der Waals surface area contributed by atoms with E-state index in [1.165, 1.54) is 44.9 Å². The van der Waals surface area contributed by atoms with E-state index < -0.39 is 14.9 Å². The van der Waals surface area contributed by atoms with Crippen molar-refractivity contribution in [2.75, 3.05) is 32.0 Å². The van der Waals surface area contributed by atoms with Gasteiger partial charge in [-0.05, 0) is 51.0 Å². The van der Waals surface area contributed by atoms with Crippen LogP contribution in [0.4, 0.5) is 11.4 Å². The highest BCUT2D eigenvalue weighted by molar-refractivity contribution is 7.89. The Kier molecular flexibility index (Phi) is 7.58. The Morgan fingerprint density at radius 1 is 1.19 bits per heavy atom. The van der Waals surface area contributed by atoms with E-state index in [0.29, 0.717) is 18.2 Å². The molecular weight excluding hydrogens is 368 g/mol. The number of anilines is 1. The smallest absolute Gasteiger partial charge is 0.293 e. The number of nitro benzene ring substituents is 1. The summed E-state index contributed by atoms with van der Waals surface area (Å²) in [5.74, 6) is 0.401. The summed E-state index contributed by atoms with van der Waals surface area (Å²) in [4.78, 5) is 13.3. The van der Waals surface area contributed by atoms with Crippen LogP contribution in [0.3, 0.4) is 0 Å². The molecule has 2 N–H and O–H groups in total. The molecular formula is C18H30N4O4S. The van der Waals surface area contributed by atoms with Gasteiger partial charge in [-0.3, -0.25) is 15.0 Å². The van der Waals surface area contributed by atoms with Gasteiger partial charge in [-0.25, -0.2) is 13.1 Å². The molecule has 1 atom stereocenters. The maximum Gasteiger partial charge on any atom is 0.293 e. The number of nitrogens with one attached hydrogen (secondary N) is 2. The second-order valence-electron chi connectivity index (χ2n) is 7.29. The number of likely N-dealkylation sites (tertiary alicyclic amines) is 1. The lowest BCUT2D eigenvalue weighted by molar-refractivity contribution is -0.384. The summed E-state index contributed by atoms with van der Waals surface area (Å²) in [5, 5.41) is 14.6. The van der Waals surface area contributed by atoms with Crippen LogP contribution in [-0.2, 0) is 10.0 Å². The maximum absolute atomic E-state index is 11.9. The second kappa shape index (κ2) is 9.48. The van der Waals surface area contributed by atoms with Crippen LogP contribution in [0.25, 0.3) is 0 Å². The highest BCUT2D eigenvalue weighted by Gasteiger charge is 2.25. The fourth-order valence-corrected chi connectivity index (χ4v) is 4.27. The lowest BCUT2D eigenvalue weighted by Crippen LogP contribution is -2.44. The zero-order valence-corrected chi connectivity index (χ0v) is 17.1. The molecule has 0 saturated carbocycles. The van der Waals surface area contributed by atoms with Crippen LogP contribution in [0.2, 0.25) is 0 Å². The van der Waals surface area contributed by atoms with Crippen molar-refractivity contribution in [3.05, 3.63) is 28.3 Å². The van der Waals surface area contributed by atoms with Crippen molar-refractivity contribution in [1.29, 1.82) is 0 Å². The third kappa shape index (κ3) is 5.63. The normalized spacial score (nSPS) is 17.5. The third-order valence-electron chi connectivity index (χ3n) is 5.13. The van der Waals surface area contributed by atoms with Crippen LogP contribution < -0.4 is 10.0 Å². The molecule has 1 aromatic carbocycles. The van der Waals surface area contributed by atoms with Gasteiger partial charge in [-0.15, -0.1) is 0 Å². The number of rotatable bonds is 8. The molecule has 0 aromatic heterocycles. The van der Waals surface area contributed by atoms with E-state index >= 15 is 0 Å². The molecule has 8 nitrogen and oxygen atoms in total. The minimum Gasteiger partial charge on any atom is -0.378 e. The summed E-state index contributed by atoms with van der Waals surface area (Å²) < 4.78 is 26.0. The zero-order valence-electron chi connectivity index (χ0n) is 16.3. The van der Waals surface area contributed by atoms with Crippen LogP contribution in [0.1, 0.15) is 39.5 Å². The van der Waals surface area contributed by atoms with E-state index in [2.05, 4.69) is 28.8 Å². The molecule has 1 heterocycles. The van der Waals surface area contributed by atoms with Gasteiger partial charge < -0.3 is 5.32 Å². The van der Waals surface area contributed by atoms with Crippen molar-refractivity contribution < 1.29 is 13.3 Å². The average molecular weight is 399 g/mol. The van der Waals surface area contributed by atoms with E-state index in [9.17, 15) is 18.5 Å². The second-order valence-corrected chi connectivity index (χ2v) is 9.17. The molecule has 9 heteroatoms. The lowest BCUT2D eigenvalue weighted by Gasteiger charge is -2.34. The number of nitrogens with zero attached hydrogens (tertiary/aromatic N) is 2. The van der Waals surface area contributed by atoms with Crippen LogP contribution in [0, 0.1) is 16.0 Å². The minimum atomic E-state index is -3.73. The van der Waals surface area contributed by atoms with Crippen molar-refractivity contribution in [3.63, 3.8) is 0 Å². The summed E-state index contributed by atoms with van der Waals surface area (Å²) >= 11 is 0. The Morgan fingerprint density at radius 2 is 1.81 bits per heavy atom. The van der Waals surface area contributed by atoms with Crippen LogP contribution in [-0.4, -0.2) is 51.0 Å². The molecule has 1 aliphatic rings. The van der Waals surface area contributed by atoms with Gasteiger partial charge >= 0.3 is 0 Å². The van der Waals surface area contributed by atoms with E-state index in [1.54, 1.807) is 0 Å². The number of hydrogen-bond acceptors (Lipinski definition) is 6. The molecule has 0 bridgehead atoms. The Hall–Kier alpha value is -1.71. The van der Waals surface area contributed by atoms with E-state index in [0.717, 1.165) is 19.2 Å². The van der Waals surface area contributed by atoms with Crippen molar-refractivity contribution in [3.8, 4) is 0 Å². The number of nitro groups is 1. The Labute approximate surface area is 161 Å². The van der Waals surface area contributed by atoms with Gasteiger partial charge in [0.15, 0.2) is 0 Å². The quantitative estimate of drug-likeness (QED) is 0.515. The molecule has 152 valence electrons. The van der Waals surface area contributed by atoms with Gasteiger partial charge in [-0.1, -0.05) is 26.7 Å². The molecule has 1 fully saturated rings. The SMILES string of the molecule is CNS(=O)(=O)c1ccc(NC[C@H](C(C)C)N2CCCCCC2)c([N+](=O)[O-])c1. The highest BCUT2D eigenvalue weighted by Crippen LogP contribution is 2.28. The van der Waals surface area contributed by atoms with Crippen LogP contribution in [0.15, 0.2) is 23.1 Å². The zero-order chi connectivity index (χ0) is 20.0. The monoisotopic (exact) mass is 398 g/mol. The summed E-state index contributed by atoms with van der Waals surface area (Å²) in [7, 11) is -2.45. The van der Waals surface area contributed by atoms with Crippen LogP contribution in [0.5, 0.6) is 0 Å². The maximum atomic E-state index is 11.9. The largest absolute Gasteiger partial charge is 0.378 e. The fraction of sp³-hybridized carbons (Fsp3) is 0.667. The van der Waals surface area contributed by atoms with Crippen molar-refractivity contribution in [1.82, 2.24) is 9.62 Å². The summed E-state index contributed by atoms with van der Waals surface area (Å²) in [5.41, 5.74) is 0.111. The van der Waals surface area contributed by atoms with E-state index in [1.807, 2.05) is 0 Å². The Bertz CT molecular complexity index is 744. The Morgan fingerprint density at radius 3 is 2.33 bits per heavy atom. The molecule has 1 saturated heterocycles. The highest BCUT2D eigenvalue weighted by atomic mass is 32.2. The van der Waals surface area contributed by atoms with Crippen molar-refractivity contribution >= 4 is 21.4 Å². The van der Waals surface area contributed by atoms with Gasteiger partial charge in [0.05, 0.1) is 9.82 Å². The third-order valence-corrected chi connectivity index (χ3v) is 6.54. The molecule has 2 rings (SSSR count). The summed E-state index contributed by atoms with van der Waals surface area (Å²) in [6.45, 7) is 7.00. The van der Waals surface area contributed by atoms with Gasteiger partial charge in [0.25, 0.3) is 5.69 Å². The number of sulfonamides is 1. The topological polar surface area (TPSA) is 105 Å². The fourth-order valence-electron chi connectivity index (χ4n) is 3.52. The van der Waals surface area contributed by atoms with Crippen LogP contribution >= 0.6 is 0 Å². The predicted octanol–water partition coefficient (Wildman–Crippen LogP) is 2.82. The van der Waals surface area contributed by atoms with Gasteiger partial charge in [0.1, 0.15) is 5.69 Å². The Balaban J connectivity index is 2.20. The van der Waals surface area contributed by atoms with E-state index in [-0.39, 0.29) is 16.6 Å². The molecule has 0 amide bonds. The first-order valence-electron chi connectivity index (χ1n) is 9.46. The minimum absolute atomic E-state index is 0.116. The van der Waals surface area contributed by atoms with E-state index in [4.69, 9.17) is 0 Å². The molecule has 1 aliphatic heterocycles. The number of benzene rings is 1. The summed E-state index contributed by atoms with van der Waals surface area (Å²) in [6.07, 6.45) is 4.86. The molecule has 0 aliphatic carbocycles. The average Bonchev–Trinajstić information content (AvgIpc) is 2.90. The standard InChI is InChI=1S/C18H30N4O4S/c1-14(2)18(21-10-6-4-5-7-11-21)13-20-16-9-8-15(27(25,26)19-3)12-17(16)22(23)24/h8-9,12,14,18-20H,4-7,10-11,13H2,1-3H3/t18-/m1/s1. The first-order valence-corrected chi connectivity index (χ1v) is 10.9. The van der Waals surface area contributed by atoms with Gasteiger partial charge in [-0.2, -0.15) is 0 Å². The van der Waals surface area contributed by atoms with Crippen molar-refractivity contribution in [2.24, 2.45) is 5.92 Å². The molecule has 0 spiro atoms. The predicted molar refractivity (Wildman–Crippen MR) is 106 cm³/mol.